The first-order valence-corrected chi connectivity index (χ1v) is 4.64. The predicted octanol–water partition coefficient (Wildman–Crippen LogP) is 0.893. The van der Waals surface area contributed by atoms with Gasteiger partial charge in [0.05, 0.1) is 0 Å². The molecule has 3 N–H and O–H groups in total. The smallest absolute Gasteiger partial charge is 0.227 e. The Hall–Kier alpha value is -1.65. The van der Waals surface area contributed by atoms with E-state index in [-0.39, 0.29) is 5.95 Å². The highest BCUT2D eigenvalue weighted by Gasteiger charge is 2.11. The average molecular weight is 191 g/mol. The molecule has 0 radical (unpaired) electrons. The molecule has 0 spiro atoms. The molecule has 5 nitrogen and oxygen atoms in total. The zero-order valence-electron chi connectivity index (χ0n) is 8.07. The van der Waals surface area contributed by atoms with Gasteiger partial charge in [0.15, 0.2) is 0 Å². The van der Waals surface area contributed by atoms with Crippen LogP contribution in [0.1, 0.15) is 18.7 Å². The number of aromatic nitrogens is 3. The number of aryl methyl sites for hydroxylation is 1. The highest BCUT2D eigenvalue weighted by molar-refractivity contribution is 5.32. The van der Waals surface area contributed by atoms with Crippen LogP contribution in [0.2, 0.25) is 0 Å². The maximum absolute atomic E-state index is 5.52. The Kier molecular flexibility index (Phi) is 2.30. The van der Waals surface area contributed by atoms with Gasteiger partial charge in [0.2, 0.25) is 11.9 Å². The number of nitrogen functional groups attached to an aromatic ring is 1. The minimum Gasteiger partial charge on any atom is -0.368 e. The van der Waals surface area contributed by atoms with Crippen molar-refractivity contribution in [2.45, 2.75) is 25.8 Å². The maximum atomic E-state index is 5.52. The fraction of sp³-hybridized carbons (Fsp3) is 0.444. The summed E-state index contributed by atoms with van der Waals surface area (Å²) < 4.78 is 0. The number of nitrogens with zero attached hydrogens (tertiary/aromatic N) is 3. The number of nitrogens with one attached hydrogen (secondary N) is 1. The molecule has 5 heteroatoms. The van der Waals surface area contributed by atoms with E-state index < -0.39 is 0 Å². The lowest BCUT2D eigenvalue weighted by Gasteiger charge is -2.11. The van der Waals surface area contributed by atoms with Crippen LogP contribution in [0.15, 0.2) is 12.2 Å². The Morgan fingerprint density at radius 2 is 2.00 bits per heavy atom. The number of rotatable bonds is 2. The van der Waals surface area contributed by atoms with Crippen LogP contribution in [0, 0.1) is 6.92 Å². The number of hydrogen-bond donors (Lipinski definition) is 2. The molecular weight excluding hydrogens is 178 g/mol. The van der Waals surface area contributed by atoms with Crippen LogP contribution >= 0.6 is 0 Å². The standard InChI is InChI=1S/C9H13N5/c1-6-11-8(10)14-9(12-6)13-7-4-2-3-5-7/h2-3,7H,4-5H2,1H3,(H3,10,11,12,13,14). The molecule has 14 heavy (non-hydrogen) atoms. The molecule has 0 saturated heterocycles. The molecule has 74 valence electrons. The van der Waals surface area contributed by atoms with Gasteiger partial charge in [0, 0.05) is 6.04 Å². The third-order valence-corrected chi connectivity index (χ3v) is 2.11. The lowest BCUT2D eigenvalue weighted by atomic mass is 10.2. The van der Waals surface area contributed by atoms with Crippen molar-refractivity contribution in [3.63, 3.8) is 0 Å². The van der Waals surface area contributed by atoms with Crippen LogP contribution in [0.3, 0.4) is 0 Å². The molecule has 0 aromatic carbocycles. The molecule has 2 rings (SSSR count). The summed E-state index contributed by atoms with van der Waals surface area (Å²) in [5, 5.41) is 3.22. The number of anilines is 2. The summed E-state index contributed by atoms with van der Waals surface area (Å²) in [6.45, 7) is 1.80. The van der Waals surface area contributed by atoms with E-state index in [1.807, 2.05) is 0 Å². The SMILES string of the molecule is Cc1nc(N)nc(NC2CC=CC2)n1. The molecule has 1 aromatic rings. The van der Waals surface area contributed by atoms with E-state index >= 15 is 0 Å². The van der Waals surface area contributed by atoms with Gasteiger partial charge < -0.3 is 11.1 Å². The average Bonchev–Trinajstić information content (AvgIpc) is 2.54. The molecule has 0 aliphatic heterocycles. The van der Waals surface area contributed by atoms with Gasteiger partial charge in [0.25, 0.3) is 0 Å². The molecule has 0 saturated carbocycles. The molecule has 0 unspecified atom stereocenters. The van der Waals surface area contributed by atoms with Gasteiger partial charge in [-0.15, -0.1) is 0 Å². The summed E-state index contributed by atoms with van der Waals surface area (Å²) >= 11 is 0. The first-order valence-electron chi connectivity index (χ1n) is 4.64. The first-order chi connectivity index (χ1) is 6.74. The van der Waals surface area contributed by atoms with Crippen molar-refractivity contribution >= 4 is 11.9 Å². The summed E-state index contributed by atoms with van der Waals surface area (Å²) in [5.41, 5.74) is 5.52. The number of hydrogen-bond acceptors (Lipinski definition) is 5. The van der Waals surface area contributed by atoms with Crippen molar-refractivity contribution in [2.24, 2.45) is 0 Å². The normalized spacial score (nSPS) is 16.1. The molecule has 1 aliphatic rings. The zero-order chi connectivity index (χ0) is 9.97. The van der Waals surface area contributed by atoms with E-state index in [9.17, 15) is 0 Å². The van der Waals surface area contributed by atoms with E-state index in [4.69, 9.17) is 5.73 Å². The minimum atomic E-state index is 0.269. The lowest BCUT2D eigenvalue weighted by molar-refractivity contribution is 0.768. The van der Waals surface area contributed by atoms with Gasteiger partial charge in [-0.3, -0.25) is 0 Å². The molecular formula is C9H13N5. The van der Waals surface area contributed by atoms with E-state index in [0.717, 1.165) is 12.8 Å². The van der Waals surface area contributed by atoms with E-state index in [0.29, 0.717) is 17.8 Å². The topological polar surface area (TPSA) is 76.7 Å². The summed E-state index contributed by atoms with van der Waals surface area (Å²) in [6.07, 6.45) is 6.33. The van der Waals surface area contributed by atoms with Crippen LogP contribution in [-0.4, -0.2) is 21.0 Å². The minimum absolute atomic E-state index is 0.269. The van der Waals surface area contributed by atoms with Crippen molar-refractivity contribution in [3.05, 3.63) is 18.0 Å². The Bertz CT molecular complexity index is 332. The summed E-state index contributed by atoms with van der Waals surface area (Å²) in [4.78, 5) is 12.1. The predicted molar refractivity (Wildman–Crippen MR) is 54.8 cm³/mol. The summed E-state index contributed by atoms with van der Waals surface area (Å²) in [7, 11) is 0. The van der Waals surface area contributed by atoms with Gasteiger partial charge in [-0.25, -0.2) is 0 Å². The van der Waals surface area contributed by atoms with E-state index in [1.54, 1.807) is 6.92 Å². The van der Waals surface area contributed by atoms with Crippen LogP contribution in [0.4, 0.5) is 11.9 Å². The van der Waals surface area contributed by atoms with Crippen LogP contribution in [0.25, 0.3) is 0 Å². The lowest BCUT2D eigenvalue weighted by Crippen LogP contribution is -2.18. The second-order valence-corrected chi connectivity index (χ2v) is 3.35. The van der Waals surface area contributed by atoms with Gasteiger partial charge in [-0.1, -0.05) is 12.2 Å². The van der Waals surface area contributed by atoms with Crippen molar-refractivity contribution < 1.29 is 0 Å². The van der Waals surface area contributed by atoms with Gasteiger partial charge in [0.1, 0.15) is 5.82 Å². The van der Waals surface area contributed by atoms with Gasteiger partial charge >= 0.3 is 0 Å². The second-order valence-electron chi connectivity index (χ2n) is 3.35. The Labute approximate surface area is 82.5 Å². The van der Waals surface area contributed by atoms with E-state index in [2.05, 4.69) is 32.4 Å². The maximum Gasteiger partial charge on any atom is 0.227 e. The van der Waals surface area contributed by atoms with Gasteiger partial charge in [-0.2, -0.15) is 15.0 Å². The monoisotopic (exact) mass is 191 g/mol. The molecule has 0 atom stereocenters. The quantitative estimate of drug-likeness (QED) is 0.679. The van der Waals surface area contributed by atoms with Gasteiger partial charge in [-0.05, 0) is 19.8 Å². The fourth-order valence-electron chi connectivity index (χ4n) is 1.48. The van der Waals surface area contributed by atoms with Crippen molar-refractivity contribution in [3.8, 4) is 0 Å². The largest absolute Gasteiger partial charge is 0.368 e. The molecule has 1 heterocycles. The third kappa shape index (κ3) is 1.99. The van der Waals surface area contributed by atoms with Crippen LogP contribution in [0.5, 0.6) is 0 Å². The highest BCUT2D eigenvalue weighted by Crippen LogP contribution is 2.14. The molecule has 1 aromatic heterocycles. The Morgan fingerprint density at radius 1 is 1.29 bits per heavy atom. The van der Waals surface area contributed by atoms with Crippen molar-refractivity contribution in [1.29, 1.82) is 0 Å². The molecule has 1 aliphatic carbocycles. The highest BCUT2D eigenvalue weighted by atomic mass is 15.2. The summed E-state index contributed by atoms with van der Waals surface area (Å²) in [5.74, 6) is 1.49. The van der Waals surface area contributed by atoms with Crippen LogP contribution in [-0.2, 0) is 0 Å². The first kappa shape index (κ1) is 8.93. The molecule has 0 bridgehead atoms. The Morgan fingerprint density at radius 3 is 2.64 bits per heavy atom. The van der Waals surface area contributed by atoms with Crippen molar-refractivity contribution in [1.82, 2.24) is 15.0 Å². The Balaban J connectivity index is 2.08. The fourth-order valence-corrected chi connectivity index (χ4v) is 1.48. The van der Waals surface area contributed by atoms with Crippen LogP contribution < -0.4 is 11.1 Å². The zero-order valence-corrected chi connectivity index (χ0v) is 8.07. The van der Waals surface area contributed by atoms with E-state index in [1.165, 1.54) is 0 Å². The third-order valence-electron chi connectivity index (χ3n) is 2.11. The second kappa shape index (κ2) is 3.61. The molecule has 0 amide bonds. The molecule has 0 fully saturated rings. The van der Waals surface area contributed by atoms with Crippen molar-refractivity contribution in [2.75, 3.05) is 11.1 Å². The number of nitrogens with two attached hydrogens (primary N) is 1. The summed E-state index contributed by atoms with van der Waals surface area (Å²) in [6, 6.07) is 0.399.